The quantitative estimate of drug-likeness (QED) is 0.481. The van der Waals surface area contributed by atoms with Crippen LogP contribution in [0.4, 0.5) is 4.79 Å². The molecule has 0 atom stereocenters. The molecule has 0 spiro atoms. The lowest BCUT2D eigenvalue weighted by Gasteiger charge is -2.33. The van der Waals surface area contributed by atoms with Crippen LogP contribution in [-0.2, 0) is 10.0 Å². The highest BCUT2D eigenvalue weighted by molar-refractivity contribution is 7.89. The van der Waals surface area contributed by atoms with Crippen molar-refractivity contribution in [2.24, 2.45) is 0 Å². The first-order chi connectivity index (χ1) is 18.6. The van der Waals surface area contributed by atoms with E-state index in [1.54, 1.807) is 6.07 Å². The Morgan fingerprint density at radius 1 is 1.05 bits per heavy atom. The number of carbonyl (C=O) groups is 1. The molecule has 2 aromatic rings. The van der Waals surface area contributed by atoms with E-state index < -0.39 is 10.0 Å². The van der Waals surface area contributed by atoms with Crippen LogP contribution < -0.4 is 15.4 Å². The molecule has 0 aliphatic carbocycles. The zero-order valence-electron chi connectivity index (χ0n) is 21.7. The number of nitrogens with one attached hydrogen (secondary N) is 2. The Bertz CT molecular complexity index is 1300. The Morgan fingerprint density at radius 3 is 2.36 bits per heavy atom. The van der Waals surface area contributed by atoms with E-state index in [9.17, 15) is 18.5 Å². The minimum Gasteiger partial charge on any atom is -0.456 e. The van der Waals surface area contributed by atoms with Crippen LogP contribution in [-0.4, -0.2) is 94.0 Å². The molecular formula is C26H32Cl2N6O4S. The number of amides is 2. The zero-order valence-corrected chi connectivity index (χ0v) is 24.0. The van der Waals surface area contributed by atoms with Crippen molar-refractivity contribution >= 4 is 39.3 Å². The summed E-state index contributed by atoms with van der Waals surface area (Å²) in [7, 11) is -1.89. The molecule has 2 N–H and O–H groups in total. The molecule has 13 heteroatoms. The van der Waals surface area contributed by atoms with E-state index in [1.165, 1.54) is 34.6 Å². The SMILES string of the molecule is CN1CCN(CCNC(=O)NC2CCN(S(=O)(=O)c3cc(C#N)ccc3Oc3cc(Cl)cc(Cl)c3)CC2)CC1. The van der Waals surface area contributed by atoms with Crippen molar-refractivity contribution in [3.05, 3.63) is 52.0 Å². The van der Waals surface area contributed by atoms with Crippen LogP contribution in [0.3, 0.4) is 0 Å². The molecule has 2 amide bonds. The first-order valence-electron chi connectivity index (χ1n) is 12.8. The molecular weight excluding hydrogens is 563 g/mol. The molecule has 0 saturated carbocycles. The maximum absolute atomic E-state index is 13.6. The van der Waals surface area contributed by atoms with E-state index >= 15 is 0 Å². The van der Waals surface area contributed by atoms with Crippen molar-refractivity contribution < 1.29 is 17.9 Å². The molecule has 4 rings (SSSR count). The minimum atomic E-state index is -3.99. The molecule has 0 unspecified atom stereocenters. The number of benzene rings is 2. The number of likely N-dealkylation sites (N-methyl/N-ethyl adjacent to an activating group) is 1. The molecule has 2 saturated heterocycles. The number of ether oxygens (including phenoxy) is 1. The number of carbonyl (C=O) groups excluding carboxylic acids is 1. The summed E-state index contributed by atoms with van der Waals surface area (Å²) < 4.78 is 34.4. The molecule has 10 nitrogen and oxygen atoms in total. The van der Waals surface area contributed by atoms with Crippen LogP contribution in [0.15, 0.2) is 41.3 Å². The second-order valence-electron chi connectivity index (χ2n) is 9.70. The third-order valence-electron chi connectivity index (χ3n) is 6.85. The predicted octanol–water partition coefficient (Wildman–Crippen LogP) is 3.36. The summed E-state index contributed by atoms with van der Waals surface area (Å²) in [5.74, 6) is 0.336. The lowest BCUT2D eigenvalue weighted by atomic mass is 10.1. The lowest BCUT2D eigenvalue weighted by Crippen LogP contribution is -2.51. The van der Waals surface area contributed by atoms with E-state index in [2.05, 4.69) is 27.5 Å². The fraction of sp³-hybridized carbons (Fsp3) is 0.462. The molecule has 2 aliphatic heterocycles. The van der Waals surface area contributed by atoms with Gasteiger partial charge in [-0.3, -0.25) is 4.90 Å². The van der Waals surface area contributed by atoms with E-state index in [-0.39, 0.29) is 47.1 Å². The Labute approximate surface area is 239 Å². The molecule has 39 heavy (non-hydrogen) atoms. The number of piperidine rings is 1. The summed E-state index contributed by atoms with van der Waals surface area (Å²) in [5, 5.41) is 15.9. The van der Waals surface area contributed by atoms with Crippen molar-refractivity contribution in [1.29, 1.82) is 5.26 Å². The smallest absolute Gasteiger partial charge is 0.315 e. The van der Waals surface area contributed by atoms with Crippen molar-refractivity contribution in [2.45, 2.75) is 23.8 Å². The summed E-state index contributed by atoms with van der Waals surface area (Å²) in [6, 6.07) is 10.4. The number of sulfonamides is 1. The van der Waals surface area contributed by atoms with Crippen LogP contribution >= 0.6 is 23.2 Å². The number of halogens is 2. The number of nitriles is 1. The minimum absolute atomic E-state index is 0.0623. The van der Waals surface area contributed by atoms with E-state index in [0.29, 0.717) is 29.4 Å². The third kappa shape index (κ3) is 7.97. The van der Waals surface area contributed by atoms with Crippen molar-refractivity contribution in [2.75, 3.05) is 59.4 Å². The Hall–Kier alpha value is -2.59. The molecule has 2 heterocycles. The maximum Gasteiger partial charge on any atom is 0.315 e. The van der Waals surface area contributed by atoms with E-state index in [4.69, 9.17) is 27.9 Å². The number of rotatable bonds is 8. The molecule has 2 aromatic carbocycles. The van der Waals surface area contributed by atoms with Gasteiger partial charge >= 0.3 is 6.03 Å². The second kappa shape index (κ2) is 13.2. The maximum atomic E-state index is 13.6. The van der Waals surface area contributed by atoms with Crippen LogP contribution in [0.5, 0.6) is 11.5 Å². The molecule has 0 aromatic heterocycles. The second-order valence-corrected chi connectivity index (χ2v) is 12.5. The fourth-order valence-electron chi connectivity index (χ4n) is 4.59. The number of hydrogen-bond acceptors (Lipinski definition) is 7. The van der Waals surface area contributed by atoms with Gasteiger partial charge in [-0.2, -0.15) is 9.57 Å². The largest absolute Gasteiger partial charge is 0.456 e. The van der Waals surface area contributed by atoms with Crippen molar-refractivity contribution in [1.82, 2.24) is 24.7 Å². The van der Waals surface area contributed by atoms with Gasteiger partial charge in [-0.25, -0.2) is 13.2 Å². The molecule has 0 bridgehead atoms. The average Bonchev–Trinajstić information content (AvgIpc) is 2.90. The van der Waals surface area contributed by atoms with Gasteiger partial charge in [0.2, 0.25) is 10.0 Å². The summed E-state index contributed by atoms with van der Waals surface area (Å²) in [4.78, 5) is 16.9. The van der Waals surface area contributed by atoms with Gasteiger partial charge in [0.15, 0.2) is 0 Å². The monoisotopic (exact) mass is 594 g/mol. The van der Waals surface area contributed by atoms with Crippen LogP contribution in [0.1, 0.15) is 18.4 Å². The van der Waals surface area contributed by atoms with Gasteiger partial charge in [0.1, 0.15) is 16.4 Å². The van der Waals surface area contributed by atoms with Crippen LogP contribution in [0.25, 0.3) is 0 Å². The highest BCUT2D eigenvalue weighted by Crippen LogP contribution is 2.35. The summed E-state index contributed by atoms with van der Waals surface area (Å²) in [6.07, 6.45) is 0.923. The van der Waals surface area contributed by atoms with Crippen molar-refractivity contribution in [3.8, 4) is 17.6 Å². The highest BCUT2D eigenvalue weighted by Gasteiger charge is 2.32. The van der Waals surface area contributed by atoms with Crippen LogP contribution in [0.2, 0.25) is 10.0 Å². The summed E-state index contributed by atoms with van der Waals surface area (Å²) in [6.45, 7) is 5.81. The van der Waals surface area contributed by atoms with Crippen LogP contribution in [0, 0.1) is 11.3 Å². The molecule has 210 valence electrons. The van der Waals surface area contributed by atoms with Gasteiger partial charge in [0.05, 0.1) is 11.6 Å². The average molecular weight is 596 g/mol. The van der Waals surface area contributed by atoms with Gasteiger partial charge < -0.3 is 20.3 Å². The fourth-order valence-corrected chi connectivity index (χ4v) is 6.71. The highest BCUT2D eigenvalue weighted by atomic mass is 35.5. The van der Waals surface area contributed by atoms with Gasteiger partial charge in [-0.05, 0) is 56.3 Å². The number of hydrogen-bond donors (Lipinski definition) is 2. The van der Waals surface area contributed by atoms with Gasteiger partial charge in [-0.15, -0.1) is 0 Å². The Kier molecular flexibility index (Phi) is 9.93. The first kappa shape index (κ1) is 29.4. The lowest BCUT2D eigenvalue weighted by molar-refractivity contribution is 0.154. The number of nitrogens with zero attached hydrogens (tertiary/aromatic N) is 4. The zero-order chi connectivity index (χ0) is 28.0. The Morgan fingerprint density at radius 2 is 1.72 bits per heavy atom. The molecule has 2 fully saturated rings. The normalized spacial score (nSPS) is 17.9. The van der Waals surface area contributed by atoms with Gasteiger partial charge in [0.25, 0.3) is 0 Å². The number of piperazine rings is 1. The summed E-state index contributed by atoms with van der Waals surface area (Å²) in [5.41, 5.74) is 0.190. The van der Waals surface area contributed by atoms with Gasteiger partial charge in [0, 0.05) is 68.4 Å². The number of urea groups is 1. The summed E-state index contributed by atoms with van der Waals surface area (Å²) >= 11 is 12.1. The van der Waals surface area contributed by atoms with E-state index in [0.717, 1.165) is 32.7 Å². The molecule has 2 aliphatic rings. The van der Waals surface area contributed by atoms with Gasteiger partial charge in [-0.1, -0.05) is 23.2 Å². The third-order valence-corrected chi connectivity index (χ3v) is 9.21. The predicted molar refractivity (Wildman–Crippen MR) is 150 cm³/mol. The Balaban J connectivity index is 1.34. The molecule has 0 radical (unpaired) electrons. The van der Waals surface area contributed by atoms with E-state index in [1.807, 2.05) is 6.07 Å². The topological polar surface area (TPSA) is 118 Å². The van der Waals surface area contributed by atoms with Crippen molar-refractivity contribution in [3.63, 3.8) is 0 Å². The standard InChI is InChI=1S/C26H32Cl2N6O4S/c1-32-10-12-33(13-11-32)9-6-30-26(35)31-22-4-7-34(8-5-22)39(36,37)25-14-19(18-29)2-3-24(25)38-23-16-20(27)15-21(28)17-23/h2-3,14-17,22H,4-13H2,1H3,(H2,30,31,35). The first-order valence-corrected chi connectivity index (χ1v) is 15.0.